The van der Waals surface area contributed by atoms with Gasteiger partial charge < -0.3 is 14.4 Å². The largest absolute Gasteiger partial charge is 0.360 e. The van der Waals surface area contributed by atoms with Gasteiger partial charge in [0.25, 0.3) is 5.91 Å². The van der Waals surface area contributed by atoms with E-state index in [0.717, 1.165) is 10.9 Å². The third kappa shape index (κ3) is 3.20. The second-order valence-electron chi connectivity index (χ2n) is 6.97. The summed E-state index contributed by atoms with van der Waals surface area (Å²) in [4.78, 5) is 17.9. The van der Waals surface area contributed by atoms with Crippen LogP contribution >= 0.6 is 0 Å². The van der Waals surface area contributed by atoms with Crippen LogP contribution in [0.4, 0.5) is 0 Å². The molecular weight excluding hydrogens is 380 g/mol. The molecular formula is C19H22N4O4S. The Bertz CT molecular complexity index is 1080. The highest BCUT2D eigenvalue weighted by Gasteiger charge is 2.33. The van der Waals surface area contributed by atoms with Crippen molar-refractivity contribution in [3.8, 4) is 0 Å². The van der Waals surface area contributed by atoms with E-state index < -0.39 is 10.0 Å². The number of hydrogen-bond donors (Lipinski definition) is 1. The first kappa shape index (κ1) is 18.7. The minimum absolute atomic E-state index is 0.118. The maximum absolute atomic E-state index is 13.0. The van der Waals surface area contributed by atoms with E-state index in [2.05, 4.69) is 10.1 Å². The summed E-state index contributed by atoms with van der Waals surface area (Å²) < 4.78 is 32.5. The van der Waals surface area contributed by atoms with E-state index in [1.807, 2.05) is 30.3 Å². The highest BCUT2D eigenvalue weighted by molar-refractivity contribution is 7.89. The van der Waals surface area contributed by atoms with Crippen LogP contribution in [-0.2, 0) is 10.0 Å². The summed E-state index contributed by atoms with van der Waals surface area (Å²) in [5, 5.41) is 4.73. The summed E-state index contributed by atoms with van der Waals surface area (Å²) in [6.07, 6.45) is 0.564. The molecule has 1 fully saturated rings. The lowest BCUT2D eigenvalue weighted by atomic mass is 10.2. The third-order valence-corrected chi connectivity index (χ3v) is 7.21. The van der Waals surface area contributed by atoms with Gasteiger partial charge in [-0.2, -0.15) is 4.31 Å². The number of carbonyl (C=O) groups is 1. The number of carbonyl (C=O) groups excluding carboxylic acids is 1. The second-order valence-corrected chi connectivity index (χ2v) is 8.85. The summed E-state index contributed by atoms with van der Waals surface area (Å²) in [5.74, 6) is 0.167. The minimum atomic E-state index is -3.71. The first-order chi connectivity index (χ1) is 13.4. The van der Waals surface area contributed by atoms with Gasteiger partial charge in [0.15, 0.2) is 5.76 Å². The van der Waals surface area contributed by atoms with E-state index in [1.165, 1.54) is 4.31 Å². The fourth-order valence-electron chi connectivity index (χ4n) is 3.67. The third-order valence-electron chi connectivity index (χ3n) is 5.07. The number of hydrogen-bond acceptors (Lipinski definition) is 5. The quantitative estimate of drug-likeness (QED) is 0.725. The molecule has 0 atom stereocenters. The topological polar surface area (TPSA) is 99.5 Å². The summed E-state index contributed by atoms with van der Waals surface area (Å²) in [7, 11) is -3.71. The molecule has 28 heavy (non-hydrogen) atoms. The maximum atomic E-state index is 13.0. The van der Waals surface area contributed by atoms with Crippen molar-refractivity contribution >= 4 is 26.8 Å². The molecule has 1 aliphatic rings. The standard InChI is InChI=1S/C19H22N4O4S/c1-13-18(14(2)27-21-13)28(25,26)23-9-5-8-22(10-11-23)19(24)17-12-15-6-3-4-7-16(15)20-17/h3-4,6-7,12,20H,5,8-11H2,1-2H3. The van der Waals surface area contributed by atoms with Gasteiger partial charge in [0.2, 0.25) is 10.0 Å². The Kier molecular flexibility index (Phi) is 4.72. The maximum Gasteiger partial charge on any atom is 0.270 e. The molecule has 0 saturated carbocycles. The number of para-hydroxylation sites is 1. The molecule has 148 valence electrons. The fourth-order valence-corrected chi connectivity index (χ4v) is 5.43. The van der Waals surface area contributed by atoms with Gasteiger partial charge in [0.05, 0.1) is 0 Å². The lowest BCUT2D eigenvalue weighted by Gasteiger charge is -2.21. The molecule has 0 radical (unpaired) electrons. The number of sulfonamides is 1. The Morgan fingerprint density at radius 1 is 1.14 bits per heavy atom. The number of benzene rings is 1. The summed E-state index contributed by atoms with van der Waals surface area (Å²) >= 11 is 0. The number of rotatable bonds is 3. The molecule has 0 spiro atoms. The zero-order valence-electron chi connectivity index (χ0n) is 15.8. The Morgan fingerprint density at radius 2 is 1.93 bits per heavy atom. The molecule has 1 amide bonds. The Balaban J connectivity index is 1.53. The molecule has 3 aromatic rings. The van der Waals surface area contributed by atoms with Crippen molar-refractivity contribution in [2.45, 2.75) is 25.2 Å². The number of nitrogens with one attached hydrogen (secondary N) is 1. The lowest BCUT2D eigenvalue weighted by molar-refractivity contribution is 0.0759. The van der Waals surface area contributed by atoms with Crippen LogP contribution in [0.2, 0.25) is 0 Å². The van der Waals surface area contributed by atoms with Crippen LogP contribution < -0.4 is 0 Å². The van der Waals surface area contributed by atoms with Crippen LogP contribution in [0.15, 0.2) is 39.8 Å². The van der Waals surface area contributed by atoms with Crippen LogP contribution in [0.5, 0.6) is 0 Å². The Morgan fingerprint density at radius 3 is 2.64 bits per heavy atom. The van der Waals surface area contributed by atoms with Gasteiger partial charge in [0, 0.05) is 37.1 Å². The van der Waals surface area contributed by atoms with Crippen molar-refractivity contribution in [3.05, 3.63) is 47.5 Å². The fraction of sp³-hybridized carbons (Fsp3) is 0.368. The highest BCUT2D eigenvalue weighted by Crippen LogP contribution is 2.24. The molecule has 0 unspecified atom stereocenters. The SMILES string of the molecule is Cc1noc(C)c1S(=O)(=O)N1CCCN(C(=O)c2cc3ccccc3[nH]2)CC1. The number of nitrogens with zero attached hydrogens (tertiary/aromatic N) is 3. The number of H-pyrrole nitrogens is 1. The molecule has 1 aliphatic heterocycles. The summed E-state index contributed by atoms with van der Waals surface area (Å²) in [6.45, 7) is 4.63. The van der Waals surface area contributed by atoms with Crippen molar-refractivity contribution in [2.24, 2.45) is 0 Å². The van der Waals surface area contributed by atoms with E-state index in [4.69, 9.17) is 4.52 Å². The van der Waals surface area contributed by atoms with Crippen LogP contribution in [0, 0.1) is 13.8 Å². The molecule has 1 saturated heterocycles. The molecule has 4 rings (SSSR count). The molecule has 1 N–H and O–H groups in total. The van der Waals surface area contributed by atoms with Gasteiger partial charge in [-0.25, -0.2) is 8.42 Å². The zero-order valence-corrected chi connectivity index (χ0v) is 16.6. The minimum Gasteiger partial charge on any atom is -0.360 e. The van der Waals surface area contributed by atoms with Crippen LogP contribution in [-0.4, -0.2) is 59.8 Å². The van der Waals surface area contributed by atoms with Crippen molar-refractivity contribution < 1.29 is 17.7 Å². The molecule has 1 aromatic carbocycles. The molecule has 8 nitrogen and oxygen atoms in total. The predicted molar refractivity (Wildman–Crippen MR) is 104 cm³/mol. The van der Waals surface area contributed by atoms with Crippen LogP contribution in [0.3, 0.4) is 0 Å². The van der Waals surface area contributed by atoms with E-state index in [-0.39, 0.29) is 23.1 Å². The molecule has 0 aliphatic carbocycles. The van der Waals surface area contributed by atoms with Crippen molar-refractivity contribution in [1.29, 1.82) is 0 Å². The number of aromatic nitrogens is 2. The van der Waals surface area contributed by atoms with E-state index in [1.54, 1.807) is 18.7 Å². The van der Waals surface area contributed by atoms with Gasteiger partial charge >= 0.3 is 0 Å². The van der Waals surface area contributed by atoms with Gasteiger partial charge in [0.1, 0.15) is 16.3 Å². The average Bonchev–Trinajstić information content (AvgIpc) is 3.14. The first-order valence-corrected chi connectivity index (χ1v) is 10.6. The van der Waals surface area contributed by atoms with Crippen molar-refractivity contribution in [3.63, 3.8) is 0 Å². The van der Waals surface area contributed by atoms with E-state index >= 15 is 0 Å². The smallest absolute Gasteiger partial charge is 0.270 e. The monoisotopic (exact) mass is 402 g/mol. The van der Waals surface area contributed by atoms with Crippen molar-refractivity contribution in [1.82, 2.24) is 19.3 Å². The highest BCUT2D eigenvalue weighted by atomic mass is 32.2. The van der Waals surface area contributed by atoms with E-state index in [9.17, 15) is 13.2 Å². The van der Waals surface area contributed by atoms with Gasteiger partial charge in [-0.15, -0.1) is 0 Å². The molecule has 9 heteroatoms. The van der Waals surface area contributed by atoms with Crippen LogP contribution in [0.1, 0.15) is 28.4 Å². The molecule has 0 bridgehead atoms. The van der Waals surface area contributed by atoms with Gasteiger partial charge in [-0.05, 0) is 32.4 Å². The summed E-state index contributed by atoms with van der Waals surface area (Å²) in [5.41, 5.74) is 1.78. The van der Waals surface area contributed by atoms with E-state index in [0.29, 0.717) is 37.4 Å². The number of aryl methyl sites for hydroxylation is 2. The number of fused-ring (bicyclic) bond motifs is 1. The number of aromatic amines is 1. The Hall–Kier alpha value is -2.65. The van der Waals surface area contributed by atoms with Gasteiger partial charge in [-0.1, -0.05) is 23.4 Å². The normalized spacial score (nSPS) is 16.4. The first-order valence-electron chi connectivity index (χ1n) is 9.18. The lowest BCUT2D eigenvalue weighted by Crippen LogP contribution is -2.37. The average molecular weight is 402 g/mol. The Labute approximate surface area is 163 Å². The molecule has 3 heterocycles. The molecule has 2 aromatic heterocycles. The predicted octanol–water partition coefficient (Wildman–Crippen LogP) is 2.31. The number of amides is 1. The second kappa shape index (κ2) is 7.06. The summed E-state index contributed by atoms with van der Waals surface area (Å²) in [6, 6.07) is 9.54. The zero-order chi connectivity index (χ0) is 19.9. The van der Waals surface area contributed by atoms with Crippen molar-refractivity contribution in [2.75, 3.05) is 26.2 Å². The van der Waals surface area contributed by atoms with Crippen LogP contribution in [0.25, 0.3) is 10.9 Å². The van der Waals surface area contributed by atoms with Gasteiger partial charge in [-0.3, -0.25) is 4.79 Å².